The average molecular weight is 483 g/mol. The summed E-state index contributed by atoms with van der Waals surface area (Å²) in [6, 6.07) is 4.23. The van der Waals surface area contributed by atoms with Crippen molar-refractivity contribution in [3.8, 4) is 0 Å². The molecule has 0 aromatic carbocycles. The normalized spacial score (nSPS) is 15.2. The van der Waals surface area contributed by atoms with Gasteiger partial charge in [-0.2, -0.15) is 10.1 Å². The number of hydrogen-bond donors (Lipinski definition) is 4. The van der Waals surface area contributed by atoms with Gasteiger partial charge in [-0.05, 0) is 50.4 Å². The summed E-state index contributed by atoms with van der Waals surface area (Å²) in [5, 5.41) is 23.4. The molecule has 4 rings (SSSR count). The molecule has 0 aliphatic carbocycles. The first-order valence-corrected chi connectivity index (χ1v) is 12.2. The third kappa shape index (κ3) is 6.23. The molecular formula is C24H34N8O3. The van der Waals surface area contributed by atoms with Crippen molar-refractivity contribution in [1.29, 1.82) is 0 Å². The van der Waals surface area contributed by atoms with Crippen LogP contribution in [-0.4, -0.2) is 68.8 Å². The van der Waals surface area contributed by atoms with Gasteiger partial charge in [0.1, 0.15) is 11.0 Å². The van der Waals surface area contributed by atoms with Gasteiger partial charge in [-0.1, -0.05) is 19.4 Å². The predicted octanol–water partition coefficient (Wildman–Crippen LogP) is 2.88. The zero-order valence-electron chi connectivity index (χ0n) is 20.3. The fraction of sp³-hybridized carbons (Fsp3) is 0.542. The lowest BCUT2D eigenvalue weighted by Gasteiger charge is -2.22. The standard InChI is InChI=1S/C24H34N8O3/c1-3-4-18(9-12-33)28-22-21-20(29-23(30-22)31-24(34)35-2)14-27-32(21)15-16-5-6-19(26-13-16)17-7-10-25-11-8-17/h5-6,13-14,17-18,25,33H,3-4,7-12,15H2,1-2H3,(H2,28,29,30,31,34)/t18-/m0/s1. The molecule has 1 fully saturated rings. The molecule has 0 saturated carbocycles. The van der Waals surface area contributed by atoms with E-state index in [1.54, 1.807) is 6.20 Å². The highest BCUT2D eigenvalue weighted by atomic mass is 16.5. The Morgan fingerprint density at radius 2 is 2.09 bits per heavy atom. The highest BCUT2D eigenvalue weighted by Crippen LogP contribution is 2.26. The van der Waals surface area contributed by atoms with Gasteiger partial charge >= 0.3 is 6.09 Å². The molecule has 11 nitrogen and oxygen atoms in total. The number of aliphatic hydroxyl groups excluding tert-OH is 1. The molecular weight excluding hydrogens is 448 g/mol. The maximum absolute atomic E-state index is 11.7. The van der Waals surface area contributed by atoms with Crippen LogP contribution >= 0.6 is 0 Å². The Bertz CT molecular complexity index is 1110. The van der Waals surface area contributed by atoms with E-state index in [0.29, 0.717) is 30.2 Å². The summed E-state index contributed by atoms with van der Waals surface area (Å²) in [4.78, 5) is 25.5. The zero-order valence-corrected chi connectivity index (χ0v) is 20.3. The van der Waals surface area contributed by atoms with Crippen LogP contribution in [-0.2, 0) is 11.3 Å². The number of carbonyl (C=O) groups is 1. The second-order valence-electron chi connectivity index (χ2n) is 8.81. The minimum absolute atomic E-state index is 0.0170. The lowest BCUT2D eigenvalue weighted by molar-refractivity contribution is 0.186. The van der Waals surface area contributed by atoms with Gasteiger partial charge in [0.2, 0.25) is 5.95 Å². The van der Waals surface area contributed by atoms with Crippen molar-refractivity contribution in [2.45, 2.75) is 57.5 Å². The molecule has 0 bridgehead atoms. The molecule has 1 saturated heterocycles. The van der Waals surface area contributed by atoms with Crippen molar-refractivity contribution in [3.63, 3.8) is 0 Å². The van der Waals surface area contributed by atoms with Crippen LogP contribution in [0.3, 0.4) is 0 Å². The topological polar surface area (TPSA) is 139 Å². The van der Waals surface area contributed by atoms with Crippen molar-refractivity contribution in [2.75, 3.05) is 37.4 Å². The first kappa shape index (κ1) is 24.8. The molecule has 188 valence electrons. The fourth-order valence-corrected chi connectivity index (χ4v) is 4.47. The van der Waals surface area contributed by atoms with Crippen LogP contribution in [0.4, 0.5) is 16.6 Å². The van der Waals surface area contributed by atoms with Crippen LogP contribution in [0.25, 0.3) is 11.0 Å². The largest absolute Gasteiger partial charge is 0.453 e. The molecule has 0 radical (unpaired) electrons. The van der Waals surface area contributed by atoms with Crippen LogP contribution in [0.1, 0.15) is 56.2 Å². The highest BCUT2D eigenvalue weighted by molar-refractivity contribution is 5.89. The third-order valence-electron chi connectivity index (χ3n) is 6.28. The fourth-order valence-electron chi connectivity index (χ4n) is 4.47. The second-order valence-corrected chi connectivity index (χ2v) is 8.81. The Balaban J connectivity index is 1.62. The van der Waals surface area contributed by atoms with E-state index in [0.717, 1.165) is 55.5 Å². The summed E-state index contributed by atoms with van der Waals surface area (Å²) in [6.45, 7) is 4.73. The number of fused-ring (bicyclic) bond motifs is 1. The second kappa shape index (κ2) is 11.9. The van der Waals surface area contributed by atoms with E-state index in [9.17, 15) is 9.90 Å². The molecule has 0 spiro atoms. The molecule has 1 aliphatic rings. The maximum atomic E-state index is 11.7. The lowest BCUT2D eigenvalue weighted by Crippen LogP contribution is -2.27. The molecule has 11 heteroatoms. The van der Waals surface area contributed by atoms with Gasteiger partial charge in [0.15, 0.2) is 5.82 Å². The number of piperidine rings is 1. The van der Waals surface area contributed by atoms with Crippen molar-refractivity contribution < 1.29 is 14.6 Å². The van der Waals surface area contributed by atoms with E-state index in [4.69, 9.17) is 4.98 Å². The summed E-state index contributed by atoms with van der Waals surface area (Å²) in [6.07, 6.45) is 7.53. The molecule has 4 N–H and O–H groups in total. The lowest BCUT2D eigenvalue weighted by atomic mass is 9.94. The van der Waals surface area contributed by atoms with Crippen molar-refractivity contribution in [2.24, 2.45) is 0 Å². The first-order chi connectivity index (χ1) is 17.1. The van der Waals surface area contributed by atoms with Gasteiger partial charge in [0, 0.05) is 30.5 Å². The van der Waals surface area contributed by atoms with E-state index < -0.39 is 6.09 Å². The number of anilines is 2. The number of nitrogens with zero attached hydrogens (tertiary/aromatic N) is 5. The van der Waals surface area contributed by atoms with Crippen molar-refractivity contribution in [3.05, 3.63) is 35.8 Å². The summed E-state index contributed by atoms with van der Waals surface area (Å²) >= 11 is 0. The maximum Gasteiger partial charge on any atom is 0.413 e. The monoisotopic (exact) mass is 482 g/mol. The van der Waals surface area contributed by atoms with Gasteiger partial charge < -0.3 is 20.5 Å². The SMILES string of the molecule is CCC[C@@H](CCO)Nc1nc(NC(=O)OC)nc2cnn(Cc3ccc(C4CCNCC4)nc3)c12. The zero-order chi connectivity index (χ0) is 24.6. The Kier molecular flexibility index (Phi) is 8.43. The van der Waals surface area contributed by atoms with E-state index in [1.807, 2.05) is 10.9 Å². The summed E-state index contributed by atoms with van der Waals surface area (Å²) in [5.41, 5.74) is 3.47. The minimum Gasteiger partial charge on any atom is -0.453 e. The van der Waals surface area contributed by atoms with Crippen molar-refractivity contribution in [1.82, 2.24) is 30.0 Å². The highest BCUT2D eigenvalue weighted by Gasteiger charge is 2.19. The smallest absolute Gasteiger partial charge is 0.413 e. The number of methoxy groups -OCH3 is 1. The van der Waals surface area contributed by atoms with E-state index in [2.05, 4.69) is 54.8 Å². The number of amides is 1. The average Bonchev–Trinajstić information content (AvgIpc) is 3.28. The van der Waals surface area contributed by atoms with Crippen LogP contribution in [0, 0.1) is 0 Å². The summed E-state index contributed by atoms with van der Waals surface area (Å²) < 4.78 is 6.52. The van der Waals surface area contributed by atoms with E-state index in [-0.39, 0.29) is 18.6 Å². The van der Waals surface area contributed by atoms with Crippen LogP contribution < -0.4 is 16.0 Å². The first-order valence-electron chi connectivity index (χ1n) is 12.2. The Hall–Kier alpha value is -3.31. The summed E-state index contributed by atoms with van der Waals surface area (Å²) in [5.74, 6) is 1.17. The Morgan fingerprint density at radius 1 is 1.26 bits per heavy atom. The number of pyridine rings is 1. The van der Waals surface area contributed by atoms with E-state index in [1.165, 1.54) is 7.11 Å². The van der Waals surface area contributed by atoms with Gasteiger partial charge in [-0.25, -0.2) is 9.78 Å². The Labute approximate surface area is 204 Å². The summed E-state index contributed by atoms with van der Waals surface area (Å²) in [7, 11) is 1.29. The van der Waals surface area contributed by atoms with Crippen LogP contribution in [0.15, 0.2) is 24.5 Å². The van der Waals surface area contributed by atoms with E-state index >= 15 is 0 Å². The molecule has 3 aromatic heterocycles. The predicted molar refractivity (Wildman–Crippen MR) is 134 cm³/mol. The van der Waals surface area contributed by atoms with Gasteiger partial charge in [-0.3, -0.25) is 15.0 Å². The number of aliphatic hydroxyl groups is 1. The molecule has 1 atom stereocenters. The number of ether oxygens (including phenoxy) is 1. The Morgan fingerprint density at radius 3 is 2.77 bits per heavy atom. The van der Waals surface area contributed by atoms with Crippen LogP contribution in [0.2, 0.25) is 0 Å². The van der Waals surface area contributed by atoms with Crippen molar-refractivity contribution >= 4 is 28.9 Å². The molecule has 0 unspecified atom stereocenters. The van der Waals surface area contributed by atoms with Crippen LogP contribution in [0.5, 0.6) is 0 Å². The van der Waals surface area contributed by atoms with Gasteiger partial charge in [0.05, 0.1) is 19.9 Å². The number of carbonyl (C=O) groups excluding carboxylic acids is 1. The molecule has 3 aromatic rings. The third-order valence-corrected chi connectivity index (χ3v) is 6.28. The number of nitrogens with one attached hydrogen (secondary N) is 3. The number of hydrogen-bond acceptors (Lipinski definition) is 9. The number of aromatic nitrogens is 5. The minimum atomic E-state index is -0.650. The molecule has 1 amide bonds. The number of rotatable bonds is 10. The molecule has 35 heavy (non-hydrogen) atoms. The van der Waals surface area contributed by atoms with Gasteiger partial charge in [0.25, 0.3) is 0 Å². The molecule has 4 heterocycles. The molecule has 1 aliphatic heterocycles. The quantitative estimate of drug-likeness (QED) is 0.343. The van der Waals surface area contributed by atoms with Gasteiger partial charge in [-0.15, -0.1) is 0 Å².